The summed E-state index contributed by atoms with van der Waals surface area (Å²) in [6.45, 7) is 6.07. The first-order valence-electron chi connectivity index (χ1n) is 5.29. The summed E-state index contributed by atoms with van der Waals surface area (Å²) in [5, 5.41) is 11.1. The Morgan fingerprint density at radius 2 is 2.19 bits per heavy atom. The van der Waals surface area contributed by atoms with Gasteiger partial charge in [0, 0.05) is 13.0 Å². The lowest BCUT2D eigenvalue weighted by Gasteiger charge is -2.10. The Balaban J connectivity index is 3.45. The van der Waals surface area contributed by atoms with Crippen LogP contribution in [0.25, 0.3) is 0 Å². The van der Waals surface area contributed by atoms with E-state index in [1.54, 1.807) is 0 Å². The molecule has 0 aromatic carbocycles. The maximum absolute atomic E-state index is 11.0. The van der Waals surface area contributed by atoms with Crippen molar-refractivity contribution in [3.05, 3.63) is 12.7 Å². The van der Waals surface area contributed by atoms with Crippen molar-refractivity contribution < 1.29 is 19.4 Å². The van der Waals surface area contributed by atoms with E-state index in [-0.39, 0.29) is 18.9 Å². The number of alkyl carbamates (subject to hydrolysis) is 1. The molecule has 0 aliphatic rings. The monoisotopic (exact) mass is 229 g/mol. The highest BCUT2D eigenvalue weighted by Crippen LogP contribution is 2.08. The van der Waals surface area contributed by atoms with Gasteiger partial charge < -0.3 is 15.2 Å². The molecule has 0 bridgehead atoms. The van der Waals surface area contributed by atoms with Crippen LogP contribution in [0.15, 0.2) is 12.7 Å². The zero-order valence-electron chi connectivity index (χ0n) is 9.57. The van der Waals surface area contributed by atoms with Gasteiger partial charge >= 0.3 is 12.1 Å². The van der Waals surface area contributed by atoms with Crippen molar-refractivity contribution in [3.8, 4) is 0 Å². The smallest absolute Gasteiger partial charge is 0.407 e. The van der Waals surface area contributed by atoms with Gasteiger partial charge in [0.25, 0.3) is 0 Å². The van der Waals surface area contributed by atoms with Crippen molar-refractivity contribution in [2.24, 2.45) is 5.92 Å². The molecular formula is C11H19NO4. The number of rotatable bonds is 8. The number of nitrogens with one attached hydrogen (secondary N) is 1. The topological polar surface area (TPSA) is 75.6 Å². The van der Waals surface area contributed by atoms with Gasteiger partial charge in [0.05, 0.1) is 0 Å². The van der Waals surface area contributed by atoms with E-state index in [0.717, 1.165) is 6.42 Å². The zero-order valence-corrected chi connectivity index (χ0v) is 9.57. The van der Waals surface area contributed by atoms with Gasteiger partial charge in [-0.3, -0.25) is 4.79 Å². The summed E-state index contributed by atoms with van der Waals surface area (Å²) in [5.74, 6) is -0.513. The molecule has 0 aliphatic carbocycles. The van der Waals surface area contributed by atoms with E-state index in [2.05, 4.69) is 11.9 Å². The molecule has 0 radical (unpaired) electrons. The zero-order chi connectivity index (χ0) is 12.4. The molecule has 0 aromatic heterocycles. The summed E-state index contributed by atoms with van der Waals surface area (Å²) in [7, 11) is 0. The highest BCUT2D eigenvalue weighted by atomic mass is 16.5. The number of amides is 1. The van der Waals surface area contributed by atoms with Gasteiger partial charge in [0.15, 0.2) is 0 Å². The summed E-state index contributed by atoms with van der Waals surface area (Å²) in [6, 6.07) is 0. The minimum atomic E-state index is -0.787. The number of hydrogen-bond donors (Lipinski definition) is 2. The minimum absolute atomic E-state index is 0.169. The third kappa shape index (κ3) is 9.05. The molecule has 0 heterocycles. The SMILES string of the molecule is C=CCOC(=O)NCCC(C)CCC(=O)O. The molecule has 1 unspecified atom stereocenters. The number of carboxylic acids is 1. The number of hydrogen-bond acceptors (Lipinski definition) is 3. The van der Waals surface area contributed by atoms with Gasteiger partial charge in [-0.15, -0.1) is 0 Å². The molecule has 92 valence electrons. The first-order chi connectivity index (χ1) is 7.56. The van der Waals surface area contributed by atoms with E-state index >= 15 is 0 Å². The highest BCUT2D eigenvalue weighted by molar-refractivity contribution is 5.67. The third-order valence-electron chi connectivity index (χ3n) is 2.09. The quantitative estimate of drug-likeness (QED) is 0.622. The molecule has 16 heavy (non-hydrogen) atoms. The van der Waals surface area contributed by atoms with E-state index < -0.39 is 12.1 Å². The first kappa shape index (κ1) is 14.5. The summed E-state index contributed by atoms with van der Waals surface area (Å²) in [5.41, 5.74) is 0. The summed E-state index contributed by atoms with van der Waals surface area (Å²) < 4.78 is 4.71. The number of carbonyl (C=O) groups is 2. The van der Waals surface area contributed by atoms with Crippen LogP contribution in [0.3, 0.4) is 0 Å². The Bertz CT molecular complexity index is 240. The van der Waals surface area contributed by atoms with Crippen LogP contribution < -0.4 is 5.32 Å². The highest BCUT2D eigenvalue weighted by Gasteiger charge is 2.06. The lowest BCUT2D eigenvalue weighted by atomic mass is 10.0. The van der Waals surface area contributed by atoms with Crippen molar-refractivity contribution in [1.82, 2.24) is 5.32 Å². The lowest BCUT2D eigenvalue weighted by molar-refractivity contribution is -0.137. The molecule has 2 N–H and O–H groups in total. The van der Waals surface area contributed by atoms with Crippen molar-refractivity contribution in [2.75, 3.05) is 13.2 Å². The molecule has 0 saturated heterocycles. The van der Waals surface area contributed by atoms with Crippen molar-refractivity contribution >= 4 is 12.1 Å². The largest absolute Gasteiger partial charge is 0.481 e. The minimum Gasteiger partial charge on any atom is -0.481 e. The van der Waals surface area contributed by atoms with Crippen molar-refractivity contribution in [2.45, 2.75) is 26.2 Å². The van der Waals surface area contributed by atoms with Crippen LogP contribution in [-0.2, 0) is 9.53 Å². The summed E-state index contributed by atoms with van der Waals surface area (Å²) in [6.07, 6.45) is 2.57. The van der Waals surface area contributed by atoms with Gasteiger partial charge in [-0.1, -0.05) is 19.6 Å². The van der Waals surface area contributed by atoms with Gasteiger partial charge in [-0.05, 0) is 18.8 Å². The van der Waals surface area contributed by atoms with Gasteiger partial charge in [-0.2, -0.15) is 0 Å². The fraction of sp³-hybridized carbons (Fsp3) is 0.636. The van der Waals surface area contributed by atoms with E-state index in [4.69, 9.17) is 9.84 Å². The molecule has 0 fully saturated rings. The normalized spacial score (nSPS) is 11.6. The molecular weight excluding hydrogens is 210 g/mol. The summed E-state index contributed by atoms with van der Waals surface area (Å²) >= 11 is 0. The molecule has 0 aliphatic heterocycles. The van der Waals surface area contributed by atoms with Crippen LogP contribution in [0, 0.1) is 5.92 Å². The lowest BCUT2D eigenvalue weighted by Crippen LogP contribution is -2.26. The van der Waals surface area contributed by atoms with Crippen LogP contribution in [0.4, 0.5) is 4.79 Å². The Morgan fingerprint density at radius 3 is 2.75 bits per heavy atom. The summed E-state index contributed by atoms with van der Waals surface area (Å²) in [4.78, 5) is 21.3. The van der Waals surface area contributed by atoms with Crippen LogP contribution in [0.2, 0.25) is 0 Å². The fourth-order valence-corrected chi connectivity index (χ4v) is 1.12. The van der Waals surface area contributed by atoms with Gasteiger partial charge in [0.1, 0.15) is 6.61 Å². The standard InChI is InChI=1S/C11H19NO4/c1-3-8-16-11(15)12-7-6-9(2)4-5-10(13)14/h3,9H,1,4-8H2,2H3,(H,12,15)(H,13,14). The number of aliphatic carboxylic acids is 1. The molecule has 0 spiro atoms. The third-order valence-corrected chi connectivity index (χ3v) is 2.09. The molecule has 1 atom stereocenters. The molecule has 0 rings (SSSR count). The molecule has 1 amide bonds. The number of carbonyl (C=O) groups excluding carboxylic acids is 1. The predicted octanol–water partition coefficient (Wildman–Crippen LogP) is 1.79. The maximum atomic E-state index is 11.0. The number of ether oxygens (including phenoxy) is 1. The van der Waals surface area contributed by atoms with Crippen LogP contribution in [0.5, 0.6) is 0 Å². The van der Waals surface area contributed by atoms with E-state index in [9.17, 15) is 9.59 Å². The Kier molecular flexibility index (Phi) is 7.93. The average molecular weight is 229 g/mol. The van der Waals surface area contributed by atoms with Crippen LogP contribution in [0.1, 0.15) is 26.2 Å². The molecule has 0 aromatic rings. The van der Waals surface area contributed by atoms with Crippen LogP contribution >= 0.6 is 0 Å². The van der Waals surface area contributed by atoms with E-state index in [1.807, 2.05) is 6.92 Å². The second-order valence-corrected chi connectivity index (χ2v) is 3.64. The Labute approximate surface area is 95.5 Å². The fourth-order valence-electron chi connectivity index (χ4n) is 1.12. The van der Waals surface area contributed by atoms with Crippen molar-refractivity contribution in [1.29, 1.82) is 0 Å². The average Bonchev–Trinajstić information content (AvgIpc) is 2.23. The molecule has 0 saturated carbocycles. The second-order valence-electron chi connectivity index (χ2n) is 3.64. The predicted molar refractivity (Wildman–Crippen MR) is 60.2 cm³/mol. The van der Waals surface area contributed by atoms with Crippen LogP contribution in [-0.4, -0.2) is 30.3 Å². The maximum Gasteiger partial charge on any atom is 0.407 e. The molecule has 5 heteroatoms. The van der Waals surface area contributed by atoms with Crippen molar-refractivity contribution in [3.63, 3.8) is 0 Å². The Hall–Kier alpha value is -1.52. The molecule has 5 nitrogen and oxygen atoms in total. The van der Waals surface area contributed by atoms with Gasteiger partial charge in [0.2, 0.25) is 0 Å². The van der Waals surface area contributed by atoms with E-state index in [1.165, 1.54) is 6.08 Å². The van der Waals surface area contributed by atoms with E-state index in [0.29, 0.717) is 13.0 Å². The first-order valence-corrected chi connectivity index (χ1v) is 5.29. The second kappa shape index (κ2) is 8.76. The number of carboxylic acid groups (broad SMARTS) is 1. The van der Waals surface area contributed by atoms with Gasteiger partial charge in [-0.25, -0.2) is 4.79 Å². The Morgan fingerprint density at radius 1 is 1.50 bits per heavy atom.